The molecule has 1 amide bonds. The Morgan fingerprint density at radius 1 is 1.00 bits per heavy atom. The van der Waals surface area contributed by atoms with Gasteiger partial charge >= 0.3 is 0 Å². The van der Waals surface area contributed by atoms with E-state index in [-0.39, 0.29) is 11.8 Å². The van der Waals surface area contributed by atoms with E-state index in [1.807, 2.05) is 0 Å². The summed E-state index contributed by atoms with van der Waals surface area (Å²) in [5.74, 6) is -8.97. The lowest BCUT2D eigenvalue weighted by atomic mass is 10.1. The minimum Gasteiger partial charge on any atom is -0.316 e. The Morgan fingerprint density at radius 3 is 2.26 bits per heavy atom. The van der Waals surface area contributed by atoms with Gasteiger partial charge in [0.25, 0.3) is 11.5 Å². The van der Waals surface area contributed by atoms with Crippen LogP contribution in [-0.4, -0.2) is 15.3 Å². The van der Waals surface area contributed by atoms with Crippen LogP contribution >= 0.6 is 0 Å². The Hall–Kier alpha value is -3.36. The maximum atomic E-state index is 13.8. The third kappa shape index (κ3) is 3.01. The smallest absolute Gasteiger partial charge is 0.295 e. The first-order chi connectivity index (χ1) is 12.7. The molecule has 3 rings (SSSR count). The van der Waals surface area contributed by atoms with E-state index in [4.69, 9.17) is 0 Å². The summed E-state index contributed by atoms with van der Waals surface area (Å²) in [6.07, 6.45) is 0. The van der Waals surface area contributed by atoms with E-state index < -0.39 is 40.3 Å². The van der Waals surface area contributed by atoms with Crippen molar-refractivity contribution in [3.8, 4) is 5.69 Å². The highest BCUT2D eigenvalue weighted by Gasteiger charge is 2.25. The molecule has 0 saturated carbocycles. The van der Waals surface area contributed by atoms with Crippen molar-refractivity contribution in [3.63, 3.8) is 0 Å². The Morgan fingerprint density at radius 2 is 1.63 bits per heavy atom. The van der Waals surface area contributed by atoms with Crippen LogP contribution < -0.4 is 10.9 Å². The Balaban J connectivity index is 2.05. The van der Waals surface area contributed by atoms with Crippen molar-refractivity contribution in [1.82, 2.24) is 9.36 Å². The van der Waals surface area contributed by atoms with Gasteiger partial charge in [-0.1, -0.05) is 18.2 Å². The molecule has 0 aliphatic heterocycles. The SMILES string of the molecule is Cc1c(NC(=O)c2cc(F)c(F)c(F)c2F)c(=O)n(-c2ccccc2)n1C. The highest BCUT2D eigenvalue weighted by Crippen LogP contribution is 2.21. The number of para-hydroxylation sites is 1. The number of benzene rings is 2. The maximum absolute atomic E-state index is 13.8. The van der Waals surface area contributed by atoms with E-state index in [2.05, 4.69) is 5.32 Å². The summed E-state index contributed by atoms with van der Waals surface area (Å²) in [7, 11) is 1.57. The van der Waals surface area contributed by atoms with Crippen LogP contribution in [0.3, 0.4) is 0 Å². The predicted octanol–water partition coefficient (Wildman–Crippen LogP) is 3.29. The zero-order valence-corrected chi connectivity index (χ0v) is 14.2. The fourth-order valence-corrected chi connectivity index (χ4v) is 2.63. The van der Waals surface area contributed by atoms with Crippen molar-refractivity contribution >= 4 is 11.6 Å². The van der Waals surface area contributed by atoms with Crippen LogP contribution in [0.4, 0.5) is 23.2 Å². The highest BCUT2D eigenvalue weighted by molar-refractivity contribution is 6.04. The zero-order valence-electron chi connectivity index (χ0n) is 14.2. The Bertz CT molecular complexity index is 1100. The Kier molecular flexibility index (Phi) is 4.61. The van der Waals surface area contributed by atoms with Gasteiger partial charge in [-0.2, -0.15) is 0 Å². The number of carbonyl (C=O) groups excluding carboxylic acids is 1. The molecule has 140 valence electrons. The van der Waals surface area contributed by atoms with Gasteiger partial charge < -0.3 is 5.32 Å². The molecule has 5 nitrogen and oxygen atoms in total. The largest absolute Gasteiger partial charge is 0.316 e. The standard InChI is InChI=1S/C18H13F4N3O2/c1-9-16(18(27)25(24(9)2)10-6-4-3-5-7-10)23-17(26)11-8-12(19)14(21)15(22)13(11)20/h3-8H,1-2H3,(H,23,26). The Labute approximate surface area is 150 Å². The lowest BCUT2D eigenvalue weighted by Gasteiger charge is -2.07. The second-order valence-corrected chi connectivity index (χ2v) is 5.74. The number of hydrogen-bond donors (Lipinski definition) is 1. The van der Waals surface area contributed by atoms with Gasteiger partial charge in [0.15, 0.2) is 23.3 Å². The molecule has 3 aromatic rings. The van der Waals surface area contributed by atoms with Gasteiger partial charge in [-0.15, -0.1) is 0 Å². The molecule has 9 heteroatoms. The van der Waals surface area contributed by atoms with Gasteiger partial charge in [-0.3, -0.25) is 14.3 Å². The quantitative estimate of drug-likeness (QED) is 0.431. The van der Waals surface area contributed by atoms with Crippen molar-refractivity contribution in [2.45, 2.75) is 6.92 Å². The van der Waals surface area contributed by atoms with Gasteiger partial charge in [0, 0.05) is 7.05 Å². The molecule has 0 spiro atoms. The van der Waals surface area contributed by atoms with Gasteiger partial charge in [-0.25, -0.2) is 22.2 Å². The van der Waals surface area contributed by atoms with Crippen molar-refractivity contribution in [2.75, 3.05) is 5.32 Å². The van der Waals surface area contributed by atoms with Gasteiger partial charge in [-0.05, 0) is 25.1 Å². The number of rotatable bonds is 3. The fraction of sp³-hybridized carbons (Fsp3) is 0.111. The molecule has 1 aromatic heterocycles. The van der Waals surface area contributed by atoms with Crippen molar-refractivity contribution in [3.05, 3.63) is 81.3 Å². The molecule has 0 aliphatic rings. The van der Waals surface area contributed by atoms with Gasteiger partial charge in [0.05, 0.1) is 16.9 Å². The van der Waals surface area contributed by atoms with Crippen LogP contribution in [0.1, 0.15) is 16.1 Å². The first-order valence-corrected chi connectivity index (χ1v) is 7.72. The molecule has 0 bridgehead atoms. The second-order valence-electron chi connectivity index (χ2n) is 5.74. The average Bonchev–Trinajstić information content (AvgIpc) is 2.87. The van der Waals surface area contributed by atoms with Crippen molar-refractivity contribution in [2.24, 2.45) is 7.05 Å². The number of anilines is 1. The number of aromatic nitrogens is 2. The summed E-state index contributed by atoms with van der Waals surface area (Å²) in [5, 5.41) is 2.15. The number of carbonyl (C=O) groups is 1. The summed E-state index contributed by atoms with van der Waals surface area (Å²) >= 11 is 0. The summed E-state index contributed by atoms with van der Waals surface area (Å²) in [5.41, 5.74) is -1.05. The van der Waals surface area contributed by atoms with Crippen LogP contribution in [0, 0.1) is 30.2 Å². The average molecular weight is 379 g/mol. The highest BCUT2D eigenvalue weighted by atomic mass is 19.2. The van der Waals surface area contributed by atoms with Crippen LogP contribution in [0.5, 0.6) is 0 Å². The predicted molar refractivity (Wildman–Crippen MR) is 90.0 cm³/mol. The molecule has 0 atom stereocenters. The fourth-order valence-electron chi connectivity index (χ4n) is 2.63. The number of nitrogens with zero attached hydrogens (tertiary/aromatic N) is 2. The first-order valence-electron chi connectivity index (χ1n) is 7.72. The van der Waals surface area contributed by atoms with Crippen LogP contribution in [-0.2, 0) is 7.05 Å². The number of hydrogen-bond acceptors (Lipinski definition) is 2. The summed E-state index contributed by atoms with van der Waals surface area (Å²) in [6, 6.07) is 8.74. The monoisotopic (exact) mass is 379 g/mol. The second kappa shape index (κ2) is 6.75. The third-order valence-electron chi connectivity index (χ3n) is 4.14. The molecule has 27 heavy (non-hydrogen) atoms. The van der Waals surface area contributed by atoms with E-state index >= 15 is 0 Å². The minimum absolute atomic E-state index is 0.198. The maximum Gasteiger partial charge on any atom is 0.295 e. The van der Waals surface area contributed by atoms with Crippen molar-refractivity contribution in [1.29, 1.82) is 0 Å². The molecule has 1 heterocycles. The molecule has 1 N–H and O–H groups in total. The zero-order chi connectivity index (χ0) is 19.9. The summed E-state index contributed by atoms with van der Waals surface area (Å²) < 4.78 is 56.3. The molecular weight excluding hydrogens is 366 g/mol. The molecule has 0 aliphatic carbocycles. The minimum atomic E-state index is -2.10. The van der Waals surface area contributed by atoms with Crippen LogP contribution in [0.25, 0.3) is 5.69 Å². The number of halogens is 4. The first kappa shape index (κ1) is 18.4. The lowest BCUT2D eigenvalue weighted by Crippen LogP contribution is -2.23. The molecular formula is C18H13F4N3O2. The number of amides is 1. The van der Waals surface area contributed by atoms with Gasteiger partial charge in [0.2, 0.25) is 0 Å². The molecule has 0 radical (unpaired) electrons. The normalized spacial score (nSPS) is 10.9. The molecule has 0 fully saturated rings. The van der Waals surface area contributed by atoms with Crippen LogP contribution in [0.15, 0.2) is 41.2 Å². The van der Waals surface area contributed by atoms with E-state index in [0.29, 0.717) is 11.4 Å². The number of nitrogens with one attached hydrogen (secondary N) is 1. The molecule has 0 saturated heterocycles. The lowest BCUT2D eigenvalue weighted by molar-refractivity contribution is 0.102. The van der Waals surface area contributed by atoms with Gasteiger partial charge in [0.1, 0.15) is 5.69 Å². The van der Waals surface area contributed by atoms with E-state index in [0.717, 1.165) is 0 Å². The summed E-state index contributed by atoms with van der Waals surface area (Å²) in [6.45, 7) is 1.53. The molecule has 2 aromatic carbocycles. The molecule has 0 unspecified atom stereocenters. The third-order valence-corrected chi connectivity index (χ3v) is 4.14. The topological polar surface area (TPSA) is 56.0 Å². The summed E-state index contributed by atoms with van der Waals surface area (Å²) in [4.78, 5) is 24.9. The van der Waals surface area contributed by atoms with E-state index in [9.17, 15) is 27.2 Å². The van der Waals surface area contributed by atoms with E-state index in [1.165, 1.54) is 16.3 Å². The van der Waals surface area contributed by atoms with E-state index in [1.54, 1.807) is 37.4 Å². The van der Waals surface area contributed by atoms with Crippen molar-refractivity contribution < 1.29 is 22.4 Å². The van der Waals surface area contributed by atoms with Crippen LogP contribution in [0.2, 0.25) is 0 Å².